The summed E-state index contributed by atoms with van der Waals surface area (Å²) in [6.45, 7) is 0. The van der Waals surface area contributed by atoms with Crippen LogP contribution in [0.15, 0.2) is 66.9 Å². The quantitative estimate of drug-likeness (QED) is 0.751. The fraction of sp³-hybridized carbons (Fsp3) is 0.105. The van der Waals surface area contributed by atoms with E-state index in [4.69, 9.17) is 4.74 Å². The molecule has 1 N–H and O–H groups in total. The Kier molecular flexibility index (Phi) is 4.52. The molecule has 3 aromatic rings. The number of amides is 1. The fourth-order valence-electron chi connectivity index (χ4n) is 2.55. The number of pyridine rings is 1. The Morgan fingerprint density at radius 1 is 1.00 bits per heavy atom. The van der Waals surface area contributed by atoms with Crippen molar-refractivity contribution in [3.8, 4) is 0 Å². The molecule has 1 amide bonds. The molecule has 1 aromatic heterocycles. The van der Waals surface area contributed by atoms with Crippen LogP contribution in [0.2, 0.25) is 0 Å². The normalized spacial score (nSPS) is 11.7. The van der Waals surface area contributed by atoms with Crippen LogP contribution in [0.5, 0.6) is 0 Å². The molecule has 0 saturated heterocycles. The summed E-state index contributed by atoms with van der Waals surface area (Å²) in [7, 11) is 1.30. The molecule has 5 nitrogen and oxygen atoms in total. The zero-order chi connectivity index (χ0) is 16.9. The number of nitrogens with one attached hydrogen (secondary N) is 1. The zero-order valence-corrected chi connectivity index (χ0v) is 13.1. The van der Waals surface area contributed by atoms with E-state index in [1.165, 1.54) is 7.11 Å². The molecule has 0 bridgehead atoms. The Balaban J connectivity index is 1.95. The minimum absolute atomic E-state index is 0.354. The second-order valence-corrected chi connectivity index (χ2v) is 5.22. The second kappa shape index (κ2) is 6.91. The molecule has 2 aromatic carbocycles. The number of esters is 1. The topological polar surface area (TPSA) is 68.3 Å². The van der Waals surface area contributed by atoms with E-state index in [9.17, 15) is 9.59 Å². The molecule has 5 heteroatoms. The maximum Gasteiger partial charge on any atom is 0.333 e. The number of methoxy groups -OCH3 is 1. The minimum atomic E-state index is -0.865. The van der Waals surface area contributed by atoms with Crippen molar-refractivity contribution >= 4 is 22.8 Å². The molecule has 1 heterocycles. The molecule has 0 aliphatic heterocycles. The lowest BCUT2D eigenvalue weighted by Gasteiger charge is -2.17. The van der Waals surface area contributed by atoms with Gasteiger partial charge in [-0.3, -0.25) is 9.78 Å². The van der Waals surface area contributed by atoms with Crippen LogP contribution in [0.25, 0.3) is 10.9 Å². The van der Waals surface area contributed by atoms with Crippen LogP contribution in [0.3, 0.4) is 0 Å². The maximum absolute atomic E-state index is 12.7. The van der Waals surface area contributed by atoms with Crippen molar-refractivity contribution in [1.29, 1.82) is 0 Å². The van der Waals surface area contributed by atoms with Gasteiger partial charge in [0.2, 0.25) is 0 Å². The van der Waals surface area contributed by atoms with E-state index >= 15 is 0 Å². The second-order valence-electron chi connectivity index (χ2n) is 5.22. The molecular weight excluding hydrogens is 304 g/mol. The van der Waals surface area contributed by atoms with Gasteiger partial charge >= 0.3 is 5.97 Å². The third kappa shape index (κ3) is 3.10. The van der Waals surface area contributed by atoms with Crippen LogP contribution in [0.4, 0.5) is 0 Å². The first kappa shape index (κ1) is 15.7. The van der Waals surface area contributed by atoms with Gasteiger partial charge in [-0.05, 0) is 23.8 Å². The van der Waals surface area contributed by atoms with E-state index in [0.29, 0.717) is 11.1 Å². The number of nitrogens with zero attached hydrogens (tertiary/aromatic N) is 1. The maximum atomic E-state index is 12.7. The summed E-state index contributed by atoms with van der Waals surface area (Å²) in [6.07, 6.45) is 1.67. The summed E-state index contributed by atoms with van der Waals surface area (Å²) in [5.74, 6) is -0.874. The van der Waals surface area contributed by atoms with Gasteiger partial charge in [0.15, 0.2) is 6.04 Å². The van der Waals surface area contributed by atoms with Gasteiger partial charge in [0.1, 0.15) is 0 Å². The lowest BCUT2D eigenvalue weighted by atomic mass is 10.0. The van der Waals surface area contributed by atoms with Gasteiger partial charge in [0.25, 0.3) is 5.91 Å². The highest BCUT2D eigenvalue weighted by Crippen LogP contribution is 2.19. The first-order chi connectivity index (χ1) is 11.7. The van der Waals surface area contributed by atoms with Crippen LogP contribution in [0, 0.1) is 0 Å². The number of carbonyl (C=O) groups excluding carboxylic acids is 2. The largest absolute Gasteiger partial charge is 0.467 e. The molecule has 0 spiro atoms. The first-order valence-electron chi connectivity index (χ1n) is 7.48. The van der Waals surface area contributed by atoms with Crippen LogP contribution in [-0.2, 0) is 9.53 Å². The summed E-state index contributed by atoms with van der Waals surface area (Å²) < 4.78 is 4.83. The highest BCUT2D eigenvalue weighted by molar-refractivity contribution is 6.07. The van der Waals surface area contributed by atoms with E-state index in [2.05, 4.69) is 10.3 Å². The number of benzene rings is 2. The van der Waals surface area contributed by atoms with Crippen molar-refractivity contribution < 1.29 is 14.3 Å². The van der Waals surface area contributed by atoms with E-state index in [1.54, 1.807) is 48.7 Å². The molecule has 1 atom stereocenters. The molecular formula is C19H16N2O3. The Labute approximate surface area is 139 Å². The molecule has 0 aliphatic carbocycles. The molecule has 0 saturated carbocycles. The van der Waals surface area contributed by atoms with Crippen molar-refractivity contribution in [3.63, 3.8) is 0 Å². The van der Waals surface area contributed by atoms with E-state index in [-0.39, 0.29) is 5.91 Å². The van der Waals surface area contributed by atoms with Gasteiger partial charge < -0.3 is 10.1 Å². The predicted molar refractivity (Wildman–Crippen MR) is 90.4 cm³/mol. The molecule has 0 aliphatic rings. The van der Waals surface area contributed by atoms with Crippen LogP contribution >= 0.6 is 0 Å². The Morgan fingerprint density at radius 3 is 2.54 bits per heavy atom. The van der Waals surface area contributed by atoms with Crippen molar-refractivity contribution in [2.75, 3.05) is 7.11 Å². The highest BCUT2D eigenvalue weighted by Gasteiger charge is 2.24. The van der Waals surface area contributed by atoms with Gasteiger partial charge in [-0.25, -0.2) is 4.79 Å². The SMILES string of the molecule is COC(=O)C(NC(=O)c1cccc2ncccc12)c1ccccc1. The highest BCUT2D eigenvalue weighted by atomic mass is 16.5. The molecule has 0 radical (unpaired) electrons. The van der Waals surface area contributed by atoms with Crippen molar-refractivity contribution in [2.45, 2.75) is 6.04 Å². The van der Waals surface area contributed by atoms with Gasteiger partial charge in [0, 0.05) is 17.1 Å². The molecule has 0 fully saturated rings. The van der Waals surface area contributed by atoms with Gasteiger partial charge in [-0.15, -0.1) is 0 Å². The summed E-state index contributed by atoms with van der Waals surface area (Å²) in [5.41, 5.74) is 1.85. The average molecular weight is 320 g/mol. The average Bonchev–Trinajstić information content (AvgIpc) is 2.65. The van der Waals surface area contributed by atoms with Crippen LogP contribution < -0.4 is 5.32 Å². The minimum Gasteiger partial charge on any atom is -0.467 e. The van der Waals surface area contributed by atoms with E-state index in [0.717, 1.165) is 10.9 Å². The lowest BCUT2D eigenvalue weighted by Crippen LogP contribution is -2.34. The number of rotatable bonds is 4. The monoisotopic (exact) mass is 320 g/mol. The standard InChI is InChI=1S/C19H16N2O3/c1-24-19(23)17(13-7-3-2-4-8-13)21-18(22)15-9-5-11-16-14(15)10-6-12-20-16/h2-12,17H,1H3,(H,21,22). The molecule has 24 heavy (non-hydrogen) atoms. The summed E-state index contributed by atoms with van der Waals surface area (Å²) in [5, 5.41) is 3.48. The predicted octanol–water partition coefficient (Wildman–Crippen LogP) is 2.88. The summed E-state index contributed by atoms with van der Waals surface area (Å²) in [6, 6.07) is 17.0. The molecule has 120 valence electrons. The van der Waals surface area contributed by atoms with Gasteiger partial charge in [-0.2, -0.15) is 0 Å². The van der Waals surface area contributed by atoms with Crippen molar-refractivity contribution in [1.82, 2.24) is 10.3 Å². The number of hydrogen-bond donors (Lipinski definition) is 1. The van der Waals surface area contributed by atoms with Crippen molar-refractivity contribution in [3.05, 3.63) is 78.0 Å². The van der Waals surface area contributed by atoms with Crippen LogP contribution in [0.1, 0.15) is 22.0 Å². The number of carbonyl (C=O) groups is 2. The third-order valence-electron chi connectivity index (χ3n) is 3.74. The summed E-state index contributed by atoms with van der Waals surface area (Å²) in [4.78, 5) is 29.1. The van der Waals surface area contributed by atoms with Gasteiger partial charge in [0.05, 0.1) is 12.6 Å². The van der Waals surface area contributed by atoms with E-state index in [1.807, 2.05) is 18.2 Å². The van der Waals surface area contributed by atoms with Crippen LogP contribution in [-0.4, -0.2) is 24.0 Å². The summed E-state index contributed by atoms with van der Waals surface area (Å²) >= 11 is 0. The third-order valence-corrected chi connectivity index (χ3v) is 3.74. The number of hydrogen-bond acceptors (Lipinski definition) is 4. The zero-order valence-electron chi connectivity index (χ0n) is 13.1. The number of fused-ring (bicyclic) bond motifs is 1. The fourth-order valence-corrected chi connectivity index (χ4v) is 2.55. The smallest absolute Gasteiger partial charge is 0.333 e. The molecule has 1 unspecified atom stereocenters. The first-order valence-corrected chi connectivity index (χ1v) is 7.48. The number of ether oxygens (including phenoxy) is 1. The van der Waals surface area contributed by atoms with Crippen molar-refractivity contribution in [2.24, 2.45) is 0 Å². The number of aromatic nitrogens is 1. The Morgan fingerprint density at radius 2 is 1.79 bits per heavy atom. The lowest BCUT2D eigenvalue weighted by molar-refractivity contribution is -0.143. The Bertz CT molecular complexity index is 873. The molecule has 3 rings (SSSR count). The Hall–Kier alpha value is -3.21. The van der Waals surface area contributed by atoms with E-state index < -0.39 is 12.0 Å². The van der Waals surface area contributed by atoms with Gasteiger partial charge in [-0.1, -0.05) is 42.5 Å².